The van der Waals surface area contributed by atoms with Gasteiger partial charge in [-0.3, -0.25) is 9.59 Å². The highest BCUT2D eigenvalue weighted by Crippen LogP contribution is 2.52. The molecule has 8 heteroatoms. The minimum atomic E-state index is -1.11. The van der Waals surface area contributed by atoms with Crippen molar-refractivity contribution in [1.82, 2.24) is 9.55 Å². The number of aryl methyl sites for hydroxylation is 1. The number of nitrogens with zero attached hydrogens (tertiary/aromatic N) is 2. The lowest BCUT2D eigenvalue weighted by molar-refractivity contribution is -0.118. The number of hydrogen-bond donors (Lipinski definition) is 1. The van der Waals surface area contributed by atoms with Crippen molar-refractivity contribution in [1.29, 1.82) is 0 Å². The Balaban J connectivity index is 1.85. The molecule has 3 heterocycles. The Kier molecular flexibility index (Phi) is 6.92. The van der Waals surface area contributed by atoms with Crippen LogP contribution in [0.15, 0.2) is 46.5 Å². The number of carbonyl (C=O) groups is 2. The molecule has 1 aliphatic heterocycles. The molecule has 5 rings (SSSR count). The lowest BCUT2D eigenvalue weighted by Gasteiger charge is -2.39. The minimum absolute atomic E-state index is 0.0274. The van der Waals surface area contributed by atoms with E-state index in [-0.39, 0.29) is 28.4 Å². The van der Waals surface area contributed by atoms with Crippen molar-refractivity contribution in [2.75, 3.05) is 7.11 Å². The number of ketones is 1. The van der Waals surface area contributed by atoms with Crippen molar-refractivity contribution in [2.24, 2.45) is 12.5 Å². The number of carboxylic acids is 1. The first-order valence-electron chi connectivity index (χ1n) is 13.8. The van der Waals surface area contributed by atoms with Crippen LogP contribution in [0.4, 0.5) is 0 Å². The van der Waals surface area contributed by atoms with Gasteiger partial charge in [-0.2, -0.15) is 0 Å². The summed E-state index contributed by atoms with van der Waals surface area (Å²) in [5, 5.41) is 9.70. The number of carbonyl (C=O) groups excluding carboxylic acids is 1. The van der Waals surface area contributed by atoms with Gasteiger partial charge < -0.3 is 19.1 Å². The quantitative estimate of drug-likeness (QED) is 0.407. The van der Waals surface area contributed by atoms with Gasteiger partial charge in [-0.15, -0.1) is 0 Å². The van der Waals surface area contributed by atoms with E-state index >= 15 is 0 Å². The van der Waals surface area contributed by atoms with E-state index in [4.69, 9.17) is 9.47 Å². The average molecular weight is 557 g/mol. The predicted molar refractivity (Wildman–Crippen MR) is 156 cm³/mol. The molecular formula is C33H36N2O6. The molecule has 0 amide bonds. The van der Waals surface area contributed by atoms with Crippen molar-refractivity contribution in [2.45, 2.75) is 66.2 Å². The third-order valence-electron chi connectivity index (χ3n) is 8.31. The molecule has 3 aromatic rings. The van der Waals surface area contributed by atoms with Crippen LogP contribution >= 0.6 is 0 Å². The fraction of sp³-hybridized carbons (Fsp3) is 0.394. The summed E-state index contributed by atoms with van der Waals surface area (Å²) in [6.45, 7) is 11.7. The predicted octanol–water partition coefficient (Wildman–Crippen LogP) is 6.06. The maximum atomic E-state index is 14.1. The van der Waals surface area contributed by atoms with Gasteiger partial charge >= 0.3 is 5.97 Å². The minimum Gasteiger partial charge on any atom is -0.496 e. The van der Waals surface area contributed by atoms with Gasteiger partial charge in [-0.25, -0.2) is 9.78 Å². The second-order valence-electron chi connectivity index (χ2n) is 12.2. The van der Waals surface area contributed by atoms with Crippen LogP contribution in [0, 0.1) is 19.3 Å². The molecule has 1 N–H and O–H groups in total. The number of Topliss-reactive ketones (excluding diaryl/α,β-unsaturated/α-hetero) is 1. The smallest absolute Gasteiger partial charge is 0.354 e. The van der Waals surface area contributed by atoms with Crippen LogP contribution in [0.5, 0.6) is 11.5 Å². The van der Waals surface area contributed by atoms with Gasteiger partial charge in [0.25, 0.3) is 5.56 Å². The van der Waals surface area contributed by atoms with E-state index in [9.17, 15) is 19.5 Å². The number of methoxy groups -OCH3 is 1. The zero-order chi connectivity index (χ0) is 30.0. The van der Waals surface area contributed by atoms with Gasteiger partial charge in [0.2, 0.25) is 0 Å². The summed E-state index contributed by atoms with van der Waals surface area (Å²) >= 11 is 0. The van der Waals surface area contributed by atoms with E-state index in [1.807, 2.05) is 46.8 Å². The van der Waals surface area contributed by atoms with Gasteiger partial charge in [0.05, 0.1) is 24.3 Å². The molecule has 2 aliphatic rings. The Hall–Kier alpha value is -4.20. The highest BCUT2D eigenvalue weighted by atomic mass is 16.5. The Morgan fingerprint density at radius 2 is 1.83 bits per heavy atom. The first kappa shape index (κ1) is 28.3. The van der Waals surface area contributed by atoms with Crippen LogP contribution in [-0.2, 0) is 11.8 Å². The van der Waals surface area contributed by atoms with E-state index in [0.29, 0.717) is 63.6 Å². The molecule has 8 nitrogen and oxygen atoms in total. The number of ether oxygens (including phenoxy) is 2. The summed E-state index contributed by atoms with van der Waals surface area (Å²) in [5.41, 5.74) is 4.30. The molecule has 41 heavy (non-hydrogen) atoms. The molecule has 0 bridgehead atoms. The van der Waals surface area contributed by atoms with E-state index in [0.717, 1.165) is 11.3 Å². The highest BCUT2D eigenvalue weighted by Gasteiger charge is 2.45. The lowest BCUT2D eigenvalue weighted by Crippen LogP contribution is -2.37. The third-order valence-corrected chi connectivity index (χ3v) is 8.31. The van der Waals surface area contributed by atoms with Crippen LogP contribution in [0.1, 0.15) is 90.8 Å². The van der Waals surface area contributed by atoms with Gasteiger partial charge in [-0.05, 0) is 54.5 Å². The van der Waals surface area contributed by atoms with E-state index in [2.05, 4.69) is 4.98 Å². The molecule has 214 valence electrons. The van der Waals surface area contributed by atoms with E-state index < -0.39 is 11.9 Å². The van der Waals surface area contributed by atoms with Crippen molar-refractivity contribution >= 4 is 11.8 Å². The summed E-state index contributed by atoms with van der Waals surface area (Å²) in [6.07, 6.45) is 0.882. The number of carboxylic acid groups (broad SMARTS) is 1. The molecule has 0 radical (unpaired) electrons. The van der Waals surface area contributed by atoms with E-state index in [1.165, 1.54) is 0 Å². The van der Waals surface area contributed by atoms with Gasteiger partial charge in [-0.1, -0.05) is 33.8 Å². The maximum absolute atomic E-state index is 14.1. The van der Waals surface area contributed by atoms with Crippen molar-refractivity contribution in [3.05, 3.63) is 85.7 Å². The molecule has 0 fully saturated rings. The molecule has 1 aliphatic carbocycles. The number of rotatable bonds is 5. The standard InChI is InChI=1S/C33H36N2O6/c1-16(2)21-13-24-28(31(37)35(21)7)29(27-22(36)14-33(5,6)15-25(27)41-24)26-18(4)19(10-12-23(26)40-8)20-11-9-17(3)30(34-20)32(38)39/h9-13,16,29H,14-15H2,1-8H3,(H,38,39)/t29-/m0/s1. The summed E-state index contributed by atoms with van der Waals surface area (Å²) in [5.74, 6) is -0.250. The zero-order valence-electron chi connectivity index (χ0n) is 24.8. The Morgan fingerprint density at radius 1 is 1.12 bits per heavy atom. The average Bonchev–Trinajstić information content (AvgIpc) is 2.88. The second-order valence-corrected chi connectivity index (χ2v) is 12.2. The van der Waals surface area contributed by atoms with Crippen molar-refractivity contribution in [3.63, 3.8) is 0 Å². The number of pyridine rings is 2. The van der Waals surface area contributed by atoms with E-state index in [1.54, 1.807) is 43.8 Å². The molecule has 1 aromatic carbocycles. The van der Waals surface area contributed by atoms with Crippen LogP contribution in [0.25, 0.3) is 11.3 Å². The third kappa shape index (κ3) is 4.65. The Labute approximate surface area is 239 Å². The lowest BCUT2D eigenvalue weighted by atomic mass is 9.69. The van der Waals surface area contributed by atoms with Crippen molar-refractivity contribution in [3.8, 4) is 22.8 Å². The topological polar surface area (TPSA) is 108 Å². The van der Waals surface area contributed by atoms with Gasteiger partial charge in [0, 0.05) is 48.3 Å². The number of fused-ring (bicyclic) bond motifs is 1. The van der Waals surface area contributed by atoms with Crippen LogP contribution in [0.2, 0.25) is 0 Å². The number of hydrogen-bond acceptors (Lipinski definition) is 6. The normalized spacial score (nSPS) is 17.7. The fourth-order valence-electron chi connectivity index (χ4n) is 6.29. The van der Waals surface area contributed by atoms with Gasteiger partial charge in [0.1, 0.15) is 17.3 Å². The maximum Gasteiger partial charge on any atom is 0.354 e. The largest absolute Gasteiger partial charge is 0.496 e. The second kappa shape index (κ2) is 10.0. The van der Waals surface area contributed by atoms with Crippen LogP contribution in [0.3, 0.4) is 0 Å². The molecule has 2 aromatic heterocycles. The summed E-state index contributed by atoms with van der Waals surface area (Å²) < 4.78 is 13.9. The molecule has 1 atom stereocenters. The summed E-state index contributed by atoms with van der Waals surface area (Å²) in [7, 11) is 3.31. The molecule has 0 saturated heterocycles. The Morgan fingerprint density at radius 3 is 2.46 bits per heavy atom. The number of benzene rings is 1. The molecule has 0 unspecified atom stereocenters. The first-order valence-corrected chi connectivity index (χ1v) is 13.8. The fourth-order valence-corrected chi connectivity index (χ4v) is 6.29. The zero-order valence-corrected chi connectivity index (χ0v) is 24.8. The number of aromatic nitrogens is 2. The highest BCUT2D eigenvalue weighted by molar-refractivity contribution is 6.00. The summed E-state index contributed by atoms with van der Waals surface area (Å²) in [6, 6.07) is 9.05. The molecule has 0 saturated carbocycles. The first-order chi connectivity index (χ1) is 19.3. The number of aromatic carboxylic acids is 1. The van der Waals surface area contributed by atoms with Crippen LogP contribution < -0.4 is 15.0 Å². The Bertz CT molecular complexity index is 1710. The van der Waals surface area contributed by atoms with Crippen LogP contribution in [-0.4, -0.2) is 33.5 Å². The monoisotopic (exact) mass is 556 g/mol. The summed E-state index contributed by atoms with van der Waals surface area (Å²) in [4.78, 5) is 44.3. The van der Waals surface area contributed by atoms with Crippen molar-refractivity contribution < 1.29 is 24.2 Å². The SMILES string of the molecule is COc1ccc(-c2ccc(C)c(C(=O)O)n2)c(C)c1[C@H]1C2=C(CC(C)(C)CC2=O)Oc2cc(C(C)C)n(C)c(=O)c21. The van der Waals surface area contributed by atoms with Gasteiger partial charge in [0.15, 0.2) is 11.5 Å². The number of allylic oxidation sites excluding steroid dienone is 2. The molecule has 0 spiro atoms. The molecular weight excluding hydrogens is 520 g/mol.